The summed E-state index contributed by atoms with van der Waals surface area (Å²) in [5.74, 6) is 0.279. The SMILES string of the molecule is C=CCNC(=C)C(=O)C(CC)CCC. The van der Waals surface area contributed by atoms with Crippen LogP contribution in [0.25, 0.3) is 0 Å². The molecule has 0 bridgehead atoms. The predicted octanol–water partition coefficient (Wildman–Crippen LogP) is 2.67. The van der Waals surface area contributed by atoms with E-state index < -0.39 is 0 Å². The molecule has 0 heterocycles. The van der Waals surface area contributed by atoms with E-state index >= 15 is 0 Å². The Kier molecular flexibility index (Phi) is 6.81. The molecule has 2 nitrogen and oxygen atoms in total. The van der Waals surface area contributed by atoms with Gasteiger partial charge in [-0.15, -0.1) is 6.58 Å². The van der Waals surface area contributed by atoms with E-state index in [4.69, 9.17) is 0 Å². The van der Waals surface area contributed by atoms with Gasteiger partial charge >= 0.3 is 0 Å². The molecular weight excluding hydrogens is 174 g/mol. The molecule has 14 heavy (non-hydrogen) atoms. The van der Waals surface area contributed by atoms with E-state index in [9.17, 15) is 4.79 Å². The number of ketones is 1. The molecule has 0 aromatic heterocycles. The Morgan fingerprint density at radius 3 is 2.57 bits per heavy atom. The molecule has 0 fully saturated rings. The Balaban J connectivity index is 4.12. The third kappa shape index (κ3) is 4.26. The lowest BCUT2D eigenvalue weighted by Gasteiger charge is -2.14. The third-order valence-electron chi connectivity index (χ3n) is 2.26. The van der Waals surface area contributed by atoms with E-state index in [1.165, 1.54) is 0 Å². The van der Waals surface area contributed by atoms with Gasteiger partial charge in [-0.2, -0.15) is 0 Å². The summed E-state index contributed by atoms with van der Waals surface area (Å²) in [6.45, 7) is 12.1. The van der Waals surface area contributed by atoms with Gasteiger partial charge < -0.3 is 5.32 Å². The Morgan fingerprint density at radius 1 is 1.50 bits per heavy atom. The van der Waals surface area contributed by atoms with Crippen LogP contribution in [0.5, 0.6) is 0 Å². The summed E-state index contributed by atoms with van der Waals surface area (Å²) in [5, 5.41) is 2.94. The maximum Gasteiger partial charge on any atom is 0.181 e. The Labute approximate surface area is 87.1 Å². The summed E-state index contributed by atoms with van der Waals surface area (Å²) < 4.78 is 0. The first-order valence-electron chi connectivity index (χ1n) is 5.25. The molecule has 1 atom stereocenters. The van der Waals surface area contributed by atoms with Crippen molar-refractivity contribution in [3.8, 4) is 0 Å². The van der Waals surface area contributed by atoms with Crippen LogP contribution in [0.3, 0.4) is 0 Å². The van der Waals surface area contributed by atoms with Crippen LogP contribution in [-0.2, 0) is 4.79 Å². The molecule has 0 saturated heterocycles. The second kappa shape index (κ2) is 7.36. The van der Waals surface area contributed by atoms with Gasteiger partial charge in [-0.25, -0.2) is 0 Å². The van der Waals surface area contributed by atoms with Gasteiger partial charge in [0, 0.05) is 12.5 Å². The van der Waals surface area contributed by atoms with Gasteiger partial charge in [-0.3, -0.25) is 4.79 Å². The van der Waals surface area contributed by atoms with E-state index in [1.807, 2.05) is 6.92 Å². The van der Waals surface area contributed by atoms with Crippen molar-refractivity contribution < 1.29 is 4.79 Å². The predicted molar refractivity (Wildman–Crippen MR) is 61.0 cm³/mol. The molecule has 0 aliphatic carbocycles. The fourth-order valence-corrected chi connectivity index (χ4v) is 1.40. The topological polar surface area (TPSA) is 29.1 Å². The van der Waals surface area contributed by atoms with E-state index in [-0.39, 0.29) is 11.7 Å². The number of hydrogen-bond acceptors (Lipinski definition) is 2. The molecule has 0 spiro atoms. The molecule has 2 heteroatoms. The van der Waals surface area contributed by atoms with Crippen LogP contribution in [-0.4, -0.2) is 12.3 Å². The van der Waals surface area contributed by atoms with Crippen molar-refractivity contribution in [3.63, 3.8) is 0 Å². The zero-order chi connectivity index (χ0) is 11.0. The van der Waals surface area contributed by atoms with Crippen LogP contribution in [0.15, 0.2) is 24.9 Å². The van der Waals surface area contributed by atoms with Crippen LogP contribution < -0.4 is 5.32 Å². The first-order valence-corrected chi connectivity index (χ1v) is 5.25. The van der Waals surface area contributed by atoms with E-state index in [1.54, 1.807) is 6.08 Å². The minimum Gasteiger partial charge on any atom is -0.379 e. The summed E-state index contributed by atoms with van der Waals surface area (Å²) in [6, 6.07) is 0. The zero-order valence-electron chi connectivity index (χ0n) is 9.31. The molecule has 0 saturated carbocycles. The lowest BCUT2D eigenvalue weighted by atomic mass is 9.94. The molecule has 0 radical (unpaired) electrons. The summed E-state index contributed by atoms with van der Waals surface area (Å²) >= 11 is 0. The molecule has 0 aliphatic rings. The van der Waals surface area contributed by atoms with Crippen molar-refractivity contribution >= 4 is 5.78 Å². The number of hydrogen-bond donors (Lipinski definition) is 1. The first-order chi connectivity index (χ1) is 6.67. The Hall–Kier alpha value is -1.05. The van der Waals surface area contributed by atoms with Crippen LogP contribution in [0.2, 0.25) is 0 Å². The van der Waals surface area contributed by atoms with Crippen LogP contribution in [0, 0.1) is 5.92 Å². The molecule has 0 aliphatic heterocycles. The van der Waals surface area contributed by atoms with Crippen LogP contribution >= 0.6 is 0 Å². The van der Waals surface area contributed by atoms with Gasteiger partial charge in [0.25, 0.3) is 0 Å². The van der Waals surface area contributed by atoms with Crippen molar-refractivity contribution in [3.05, 3.63) is 24.9 Å². The number of Topliss-reactive ketones (excluding diaryl/α,β-unsaturated/α-hetero) is 1. The maximum atomic E-state index is 11.8. The molecule has 0 aromatic carbocycles. The van der Waals surface area contributed by atoms with Crippen LogP contribution in [0.4, 0.5) is 0 Å². The number of allylic oxidation sites excluding steroid dienone is 1. The smallest absolute Gasteiger partial charge is 0.181 e. The maximum absolute atomic E-state index is 11.8. The van der Waals surface area contributed by atoms with Gasteiger partial charge in [0.05, 0.1) is 5.70 Å². The van der Waals surface area contributed by atoms with Crippen LogP contribution in [0.1, 0.15) is 33.1 Å². The van der Waals surface area contributed by atoms with Crippen molar-refractivity contribution in [1.29, 1.82) is 0 Å². The molecule has 80 valence electrons. The highest BCUT2D eigenvalue weighted by Gasteiger charge is 2.17. The van der Waals surface area contributed by atoms with Gasteiger partial charge in [-0.05, 0) is 12.8 Å². The fraction of sp³-hybridized carbons (Fsp3) is 0.583. The summed E-state index contributed by atoms with van der Waals surface area (Å²) in [4.78, 5) is 11.8. The summed E-state index contributed by atoms with van der Waals surface area (Å²) in [7, 11) is 0. The second-order valence-electron chi connectivity index (χ2n) is 3.41. The quantitative estimate of drug-likeness (QED) is 0.476. The Bertz CT molecular complexity index is 208. The number of nitrogens with one attached hydrogen (secondary N) is 1. The summed E-state index contributed by atoms with van der Waals surface area (Å²) in [6.07, 6.45) is 4.60. The Morgan fingerprint density at radius 2 is 2.14 bits per heavy atom. The largest absolute Gasteiger partial charge is 0.379 e. The van der Waals surface area contributed by atoms with Gasteiger partial charge in [0.15, 0.2) is 5.78 Å². The normalized spacial score (nSPS) is 11.9. The van der Waals surface area contributed by atoms with Crippen molar-refractivity contribution in [2.24, 2.45) is 5.92 Å². The lowest BCUT2D eigenvalue weighted by molar-refractivity contribution is -0.119. The fourth-order valence-electron chi connectivity index (χ4n) is 1.40. The van der Waals surface area contributed by atoms with Gasteiger partial charge in [0.1, 0.15) is 0 Å². The van der Waals surface area contributed by atoms with E-state index in [0.29, 0.717) is 12.2 Å². The number of carbonyl (C=O) groups excluding carboxylic acids is 1. The van der Waals surface area contributed by atoms with E-state index in [0.717, 1.165) is 19.3 Å². The number of rotatable bonds is 8. The van der Waals surface area contributed by atoms with E-state index in [2.05, 4.69) is 25.4 Å². The minimum atomic E-state index is 0.129. The lowest BCUT2D eigenvalue weighted by Crippen LogP contribution is -2.25. The zero-order valence-corrected chi connectivity index (χ0v) is 9.31. The minimum absolute atomic E-state index is 0.129. The molecule has 1 unspecified atom stereocenters. The highest BCUT2D eigenvalue weighted by Crippen LogP contribution is 2.14. The molecule has 0 amide bonds. The number of carbonyl (C=O) groups is 1. The molecular formula is C12H21NO. The molecule has 1 N–H and O–H groups in total. The standard InChI is InChI=1S/C12H21NO/c1-5-8-11(7-3)12(14)10(4)13-9-6-2/h6,11,13H,2,4-5,7-9H2,1,3H3. The highest BCUT2D eigenvalue weighted by molar-refractivity contribution is 5.95. The molecule has 0 rings (SSSR count). The third-order valence-corrected chi connectivity index (χ3v) is 2.26. The second-order valence-corrected chi connectivity index (χ2v) is 3.41. The average Bonchev–Trinajstić information content (AvgIpc) is 2.21. The van der Waals surface area contributed by atoms with Crippen molar-refractivity contribution in [2.75, 3.05) is 6.54 Å². The molecule has 0 aromatic rings. The monoisotopic (exact) mass is 195 g/mol. The van der Waals surface area contributed by atoms with Crippen molar-refractivity contribution in [2.45, 2.75) is 33.1 Å². The average molecular weight is 195 g/mol. The first kappa shape index (κ1) is 12.9. The van der Waals surface area contributed by atoms with Gasteiger partial charge in [0.2, 0.25) is 0 Å². The van der Waals surface area contributed by atoms with Crippen molar-refractivity contribution in [1.82, 2.24) is 5.32 Å². The highest BCUT2D eigenvalue weighted by atomic mass is 16.1. The summed E-state index contributed by atoms with van der Waals surface area (Å²) in [5.41, 5.74) is 0.519. The van der Waals surface area contributed by atoms with Gasteiger partial charge in [-0.1, -0.05) is 32.9 Å².